The van der Waals surface area contributed by atoms with Crippen LogP contribution in [-0.2, 0) is 5.60 Å². The number of carbonyl (C=O) groups is 1. The molecule has 0 aliphatic rings. The number of aliphatic hydroxyl groups is 1. The fourth-order valence-corrected chi connectivity index (χ4v) is 3.55. The number of benzene rings is 4. The normalized spacial score (nSPS) is 11.1. The van der Waals surface area contributed by atoms with E-state index in [1.54, 1.807) is 18.2 Å². The van der Waals surface area contributed by atoms with Gasteiger partial charge in [0.2, 0.25) is 0 Å². The molecule has 4 aromatic carbocycles. The van der Waals surface area contributed by atoms with Gasteiger partial charge in [0, 0.05) is 16.8 Å². The Labute approximate surface area is 170 Å². The molecule has 0 aliphatic carbocycles. The standard InChI is InChI=1S/C26H21NO2/c28-25(27-22-16-8-3-9-17-22)23-18-10-11-19-24(23)26(29,20-12-4-1-5-13-20)21-14-6-2-7-15-21/h1-19,29H,(H,27,28). The molecule has 1 amide bonds. The number of rotatable bonds is 5. The predicted molar refractivity (Wildman–Crippen MR) is 116 cm³/mol. The van der Waals surface area contributed by atoms with Crippen molar-refractivity contribution in [3.05, 3.63) is 138 Å². The van der Waals surface area contributed by atoms with Crippen LogP contribution >= 0.6 is 0 Å². The van der Waals surface area contributed by atoms with Gasteiger partial charge in [0.05, 0.1) is 0 Å². The fourth-order valence-electron chi connectivity index (χ4n) is 3.55. The molecule has 0 heterocycles. The molecule has 3 heteroatoms. The van der Waals surface area contributed by atoms with Gasteiger partial charge < -0.3 is 10.4 Å². The van der Waals surface area contributed by atoms with Crippen LogP contribution in [0.5, 0.6) is 0 Å². The number of amides is 1. The number of para-hydroxylation sites is 1. The van der Waals surface area contributed by atoms with Crippen LogP contribution < -0.4 is 5.32 Å². The predicted octanol–water partition coefficient (Wildman–Crippen LogP) is 5.22. The van der Waals surface area contributed by atoms with Crippen molar-refractivity contribution in [1.82, 2.24) is 0 Å². The first-order chi connectivity index (χ1) is 14.2. The monoisotopic (exact) mass is 379 g/mol. The molecule has 0 radical (unpaired) electrons. The Balaban J connectivity index is 1.86. The molecule has 0 atom stereocenters. The van der Waals surface area contributed by atoms with Crippen LogP contribution in [-0.4, -0.2) is 11.0 Å². The SMILES string of the molecule is O=C(Nc1ccccc1)c1ccccc1C(O)(c1ccccc1)c1ccccc1. The molecular weight excluding hydrogens is 358 g/mol. The summed E-state index contributed by atoms with van der Waals surface area (Å²) in [6, 6.07) is 35.3. The van der Waals surface area contributed by atoms with Crippen molar-refractivity contribution >= 4 is 11.6 Å². The van der Waals surface area contributed by atoms with Crippen molar-refractivity contribution < 1.29 is 9.90 Å². The van der Waals surface area contributed by atoms with Crippen LogP contribution in [0.1, 0.15) is 27.0 Å². The van der Waals surface area contributed by atoms with Gasteiger partial charge in [-0.25, -0.2) is 0 Å². The second-order valence-corrected chi connectivity index (χ2v) is 6.81. The molecule has 0 spiro atoms. The third-order valence-electron chi connectivity index (χ3n) is 4.98. The molecule has 0 fully saturated rings. The van der Waals surface area contributed by atoms with Crippen molar-refractivity contribution in [1.29, 1.82) is 0 Å². The highest BCUT2D eigenvalue weighted by Gasteiger charge is 2.36. The maximum absolute atomic E-state index is 13.1. The molecule has 0 saturated heterocycles. The summed E-state index contributed by atoms with van der Waals surface area (Å²) in [4.78, 5) is 13.1. The average molecular weight is 379 g/mol. The van der Waals surface area contributed by atoms with E-state index in [0.717, 1.165) is 0 Å². The Morgan fingerprint density at radius 3 is 1.62 bits per heavy atom. The van der Waals surface area contributed by atoms with Gasteiger partial charge >= 0.3 is 0 Å². The smallest absolute Gasteiger partial charge is 0.256 e. The first-order valence-electron chi connectivity index (χ1n) is 9.49. The zero-order valence-corrected chi connectivity index (χ0v) is 15.8. The average Bonchev–Trinajstić information content (AvgIpc) is 2.80. The summed E-state index contributed by atoms with van der Waals surface area (Å²) in [5.74, 6) is -0.267. The van der Waals surface area contributed by atoms with Gasteiger partial charge in [0.15, 0.2) is 0 Å². The molecular formula is C26H21NO2. The third kappa shape index (κ3) is 3.68. The zero-order chi connectivity index (χ0) is 20.1. The summed E-state index contributed by atoms with van der Waals surface area (Å²) in [5.41, 5.74) is 1.60. The molecule has 142 valence electrons. The van der Waals surface area contributed by atoms with Gasteiger partial charge in [-0.15, -0.1) is 0 Å². The quantitative estimate of drug-likeness (QED) is 0.467. The summed E-state index contributed by atoms with van der Waals surface area (Å²) in [7, 11) is 0. The lowest BCUT2D eigenvalue weighted by Gasteiger charge is -2.31. The van der Waals surface area contributed by atoms with Gasteiger partial charge in [-0.3, -0.25) is 4.79 Å². The maximum Gasteiger partial charge on any atom is 0.256 e. The van der Waals surface area contributed by atoms with Crippen molar-refractivity contribution in [2.45, 2.75) is 5.60 Å². The van der Waals surface area contributed by atoms with E-state index in [4.69, 9.17) is 0 Å². The van der Waals surface area contributed by atoms with Crippen LogP contribution in [0.25, 0.3) is 0 Å². The highest BCUT2D eigenvalue weighted by Crippen LogP contribution is 2.38. The molecule has 2 N–H and O–H groups in total. The second-order valence-electron chi connectivity index (χ2n) is 6.81. The van der Waals surface area contributed by atoms with E-state index >= 15 is 0 Å². The Morgan fingerprint density at radius 1 is 0.621 bits per heavy atom. The van der Waals surface area contributed by atoms with Gasteiger partial charge in [0.25, 0.3) is 5.91 Å². The lowest BCUT2D eigenvalue weighted by Crippen LogP contribution is -2.32. The first-order valence-corrected chi connectivity index (χ1v) is 9.49. The fraction of sp³-hybridized carbons (Fsp3) is 0.0385. The van der Waals surface area contributed by atoms with Crippen LogP contribution in [0.15, 0.2) is 115 Å². The highest BCUT2D eigenvalue weighted by molar-refractivity contribution is 6.05. The van der Waals surface area contributed by atoms with E-state index in [9.17, 15) is 9.90 Å². The lowest BCUT2D eigenvalue weighted by molar-refractivity contribution is 0.0996. The summed E-state index contributed by atoms with van der Waals surface area (Å²) < 4.78 is 0. The van der Waals surface area contributed by atoms with Crippen molar-refractivity contribution in [3.8, 4) is 0 Å². The van der Waals surface area contributed by atoms with E-state index in [2.05, 4.69) is 5.32 Å². The number of hydrogen-bond acceptors (Lipinski definition) is 2. The molecule has 0 aliphatic heterocycles. The minimum absolute atomic E-state index is 0.267. The van der Waals surface area contributed by atoms with Crippen LogP contribution in [0.2, 0.25) is 0 Å². The summed E-state index contributed by atoms with van der Waals surface area (Å²) >= 11 is 0. The molecule has 4 aromatic rings. The molecule has 4 rings (SSSR count). The first kappa shape index (κ1) is 18.7. The minimum atomic E-state index is -1.47. The molecule has 0 bridgehead atoms. The largest absolute Gasteiger partial charge is 0.376 e. The highest BCUT2D eigenvalue weighted by atomic mass is 16.3. The van der Waals surface area contributed by atoms with Gasteiger partial charge in [0.1, 0.15) is 5.60 Å². The molecule has 0 aromatic heterocycles. The zero-order valence-electron chi connectivity index (χ0n) is 15.8. The summed E-state index contributed by atoms with van der Waals surface area (Å²) in [6.45, 7) is 0. The second kappa shape index (κ2) is 8.13. The van der Waals surface area contributed by atoms with Crippen molar-refractivity contribution in [3.63, 3.8) is 0 Å². The molecule has 29 heavy (non-hydrogen) atoms. The maximum atomic E-state index is 13.1. The van der Waals surface area contributed by atoms with E-state index in [1.807, 2.05) is 97.1 Å². The number of nitrogens with one attached hydrogen (secondary N) is 1. The topological polar surface area (TPSA) is 49.3 Å². The van der Waals surface area contributed by atoms with E-state index < -0.39 is 5.60 Å². The van der Waals surface area contributed by atoms with Crippen molar-refractivity contribution in [2.24, 2.45) is 0 Å². The van der Waals surface area contributed by atoms with Crippen LogP contribution in [0.3, 0.4) is 0 Å². The van der Waals surface area contributed by atoms with E-state index in [-0.39, 0.29) is 5.91 Å². The van der Waals surface area contributed by atoms with Crippen LogP contribution in [0, 0.1) is 0 Å². The third-order valence-corrected chi connectivity index (χ3v) is 4.98. The van der Waals surface area contributed by atoms with Crippen molar-refractivity contribution in [2.75, 3.05) is 5.32 Å². The van der Waals surface area contributed by atoms with Crippen LogP contribution in [0.4, 0.5) is 5.69 Å². The lowest BCUT2D eigenvalue weighted by atomic mass is 9.78. The van der Waals surface area contributed by atoms with Gasteiger partial charge in [-0.05, 0) is 29.3 Å². The number of hydrogen-bond donors (Lipinski definition) is 2. The Morgan fingerprint density at radius 2 is 1.07 bits per heavy atom. The Bertz CT molecular complexity index is 1050. The Hall–Kier alpha value is -3.69. The van der Waals surface area contributed by atoms with Gasteiger partial charge in [-0.1, -0.05) is 97.1 Å². The summed E-state index contributed by atoms with van der Waals surface area (Å²) in [5, 5.41) is 15.0. The minimum Gasteiger partial charge on any atom is -0.376 e. The van der Waals surface area contributed by atoms with E-state index in [1.165, 1.54) is 0 Å². The van der Waals surface area contributed by atoms with E-state index in [0.29, 0.717) is 27.9 Å². The number of carbonyl (C=O) groups excluding carboxylic acids is 1. The number of anilines is 1. The summed E-state index contributed by atoms with van der Waals surface area (Å²) in [6.07, 6.45) is 0. The molecule has 0 unspecified atom stereocenters. The molecule has 0 saturated carbocycles. The Kier molecular flexibility index (Phi) is 5.23. The molecule has 3 nitrogen and oxygen atoms in total. The van der Waals surface area contributed by atoms with Gasteiger partial charge in [-0.2, -0.15) is 0 Å².